The van der Waals surface area contributed by atoms with Gasteiger partial charge in [0.2, 0.25) is 0 Å². The molecule has 1 heterocycles. The van der Waals surface area contributed by atoms with E-state index in [1.54, 1.807) is 0 Å². The van der Waals surface area contributed by atoms with Crippen molar-refractivity contribution in [3.8, 4) is 6.07 Å². The van der Waals surface area contributed by atoms with Crippen LogP contribution < -0.4 is 0 Å². The summed E-state index contributed by atoms with van der Waals surface area (Å²) in [7, 11) is 0. The second-order valence-corrected chi connectivity index (χ2v) is 2.77. The maximum atomic E-state index is 8.50. The summed E-state index contributed by atoms with van der Waals surface area (Å²) < 4.78 is 5.30. The molecule has 62 valence electrons. The number of nitrogens with zero attached hydrogens (tertiary/aromatic N) is 2. The first kappa shape index (κ1) is 8.51. The van der Waals surface area contributed by atoms with Gasteiger partial charge in [-0.1, -0.05) is 6.92 Å². The monoisotopic (exact) mass is 154 g/mol. The molecule has 1 unspecified atom stereocenters. The zero-order chi connectivity index (χ0) is 8.10. The Kier molecular flexibility index (Phi) is 3.34. The van der Waals surface area contributed by atoms with Crippen LogP contribution in [0.3, 0.4) is 0 Å². The Morgan fingerprint density at radius 1 is 1.73 bits per heavy atom. The fourth-order valence-corrected chi connectivity index (χ4v) is 1.36. The minimum Gasteiger partial charge on any atom is -0.378 e. The quantitative estimate of drug-likeness (QED) is 0.547. The van der Waals surface area contributed by atoms with Crippen LogP contribution in [0.25, 0.3) is 0 Å². The predicted octanol–water partition coefficient (Wildman–Crippen LogP) is 0.621. The van der Waals surface area contributed by atoms with E-state index in [4.69, 9.17) is 10.00 Å². The minimum atomic E-state index is 0.461. The molecule has 0 N–H and O–H groups in total. The number of hydrogen-bond donors (Lipinski definition) is 0. The first-order valence-electron chi connectivity index (χ1n) is 4.07. The highest BCUT2D eigenvalue weighted by atomic mass is 16.5. The normalized spacial score (nSPS) is 26.4. The highest BCUT2D eigenvalue weighted by Crippen LogP contribution is 2.08. The number of ether oxygens (including phenoxy) is 1. The number of nitriles is 1. The van der Waals surface area contributed by atoms with Crippen molar-refractivity contribution in [3.05, 3.63) is 0 Å². The van der Waals surface area contributed by atoms with Gasteiger partial charge in [0.25, 0.3) is 0 Å². The summed E-state index contributed by atoms with van der Waals surface area (Å²) in [6.07, 6.45) is 1.07. The fourth-order valence-electron chi connectivity index (χ4n) is 1.36. The van der Waals surface area contributed by atoms with Crippen molar-refractivity contribution >= 4 is 0 Å². The minimum absolute atomic E-state index is 0.461. The van der Waals surface area contributed by atoms with Gasteiger partial charge in [-0.25, -0.2) is 0 Å². The van der Waals surface area contributed by atoms with E-state index in [0.717, 1.165) is 26.2 Å². The molecule has 0 radical (unpaired) electrons. The molecule has 1 fully saturated rings. The Bertz CT molecular complexity index is 153. The van der Waals surface area contributed by atoms with Gasteiger partial charge in [0.1, 0.15) is 0 Å². The summed E-state index contributed by atoms with van der Waals surface area (Å²) in [5.41, 5.74) is 0. The molecule has 0 bridgehead atoms. The molecular formula is C8H14N2O. The van der Waals surface area contributed by atoms with E-state index < -0.39 is 0 Å². The summed E-state index contributed by atoms with van der Waals surface area (Å²) in [5, 5.41) is 8.50. The molecule has 0 aromatic carbocycles. The van der Waals surface area contributed by atoms with Gasteiger partial charge in [-0.15, -0.1) is 0 Å². The third kappa shape index (κ3) is 2.18. The van der Waals surface area contributed by atoms with E-state index in [2.05, 4.69) is 17.9 Å². The van der Waals surface area contributed by atoms with Gasteiger partial charge in [-0.2, -0.15) is 5.26 Å². The molecule has 0 amide bonds. The molecule has 1 aliphatic heterocycles. The molecule has 1 rings (SSSR count). The first-order valence-corrected chi connectivity index (χ1v) is 4.07. The van der Waals surface area contributed by atoms with Crippen molar-refractivity contribution in [2.45, 2.75) is 19.4 Å². The third-order valence-corrected chi connectivity index (χ3v) is 2.09. The maximum Gasteiger partial charge on any atom is 0.0869 e. The smallest absolute Gasteiger partial charge is 0.0869 e. The van der Waals surface area contributed by atoms with Gasteiger partial charge >= 0.3 is 0 Å². The van der Waals surface area contributed by atoms with E-state index in [1.165, 1.54) is 0 Å². The van der Waals surface area contributed by atoms with Crippen molar-refractivity contribution in [3.63, 3.8) is 0 Å². The topological polar surface area (TPSA) is 36.3 Å². The van der Waals surface area contributed by atoms with Gasteiger partial charge in [-0.3, -0.25) is 4.90 Å². The number of rotatable bonds is 2. The van der Waals surface area contributed by atoms with Crippen molar-refractivity contribution in [2.24, 2.45) is 0 Å². The van der Waals surface area contributed by atoms with E-state index in [9.17, 15) is 0 Å². The van der Waals surface area contributed by atoms with Gasteiger partial charge in [0, 0.05) is 12.6 Å². The molecule has 0 aliphatic carbocycles. The molecule has 0 spiro atoms. The molecule has 0 aromatic rings. The molecular weight excluding hydrogens is 140 g/mol. The summed E-state index contributed by atoms with van der Waals surface area (Å²) in [6.45, 7) is 5.15. The highest BCUT2D eigenvalue weighted by molar-refractivity contribution is 4.82. The molecule has 1 atom stereocenters. The Hall–Kier alpha value is -0.590. The summed E-state index contributed by atoms with van der Waals surface area (Å²) in [6, 6.07) is 2.63. The largest absolute Gasteiger partial charge is 0.378 e. The Balaban J connectivity index is 2.39. The standard InChI is InChI=1S/C8H14N2O/c1-2-8-7-11-6-5-10(8)4-3-9/h8H,2,4-7H2,1H3. The Morgan fingerprint density at radius 2 is 2.55 bits per heavy atom. The summed E-state index contributed by atoms with van der Waals surface area (Å²) in [4.78, 5) is 2.18. The molecule has 0 aromatic heterocycles. The van der Waals surface area contributed by atoms with Crippen LogP contribution in [0.5, 0.6) is 0 Å². The lowest BCUT2D eigenvalue weighted by molar-refractivity contribution is -0.00196. The highest BCUT2D eigenvalue weighted by Gasteiger charge is 2.20. The van der Waals surface area contributed by atoms with Crippen LogP contribution in [0.1, 0.15) is 13.3 Å². The Morgan fingerprint density at radius 3 is 3.18 bits per heavy atom. The summed E-state index contributed by atoms with van der Waals surface area (Å²) >= 11 is 0. The van der Waals surface area contributed by atoms with Gasteiger partial charge in [0.15, 0.2) is 0 Å². The number of hydrogen-bond acceptors (Lipinski definition) is 3. The molecule has 0 saturated carbocycles. The molecule has 3 heteroatoms. The second kappa shape index (κ2) is 4.32. The summed E-state index contributed by atoms with van der Waals surface area (Å²) in [5.74, 6) is 0. The lowest BCUT2D eigenvalue weighted by Gasteiger charge is -2.32. The van der Waals surface area contributed by atoms with Crippen LogP contribution in [0.15, 0.2) is 0 Å². The lowest BCUT2D eigenvalue weighted by Crippen LogP contribution is -2.45. The maximum absolute atomic E-state index is 8.50. The molecule has 1 aliphatic rings. The first-order chi connectivity index (χ1) is 5.38. The zero-order valence-electron chi connectivity index (χ0n) is 6.92. The van der Waals surface area contributed by atoms with Crippen molar-refractivity contribution < 1.29 is 4.74 Å². The van der Waals surface area contributed by atoms with Crippen LogP contribution in [-0.2, 0) is 4.74 Å². The third-order valence-electron chi connectivity index (χ3n) is 2.09. The lowest BCUT2D eigenvalue weighted by atomic mass is 10.2. The average molecular weight is 154 g/mol. The van der Waals surface area contributed by atoms with E-state index in [0.29, 0.717) is 12.6 Å². The van der Waals surface area contributed by atoms with E-state index in [1.807, 2.05) is 0 Å². The van der Waals surface area contributed by atoms with Crippen LogP contribution in [0.4, 0.5) is 0 Å². The SMILES string of the molecule is CCC1COCCN1CC#N. The van der Waals surface area contributed by atoms with Crippen LogP contribution >= 0.6 is 0 Å². The second-order valence-electron chi connectivity index (χ2n) is 2.77. The van der Waals surface area contributed by atoms with Gasteiger partial charge in [-0.05, 0) is 6.42 Å². The molecule has 11 heavy (non-hydrogen) atoms. The Labute approximate surface area is 67.6 Å². The van der Waals surface area contributed by atoms with Crippen LogP contribution in [0.2, 0.25) is 0 Å². The van der Waals surface area contributed by atoms with Gasteiger partial charge < -0.3 is 4.74 Å². The van der Waals surface area contributed by atoms with Crippen molar-refractivity contribution in [2.75, 3.05) is 26.3 Å². The van der Waals surface area contributed by atoms with Crippen LogP contribution in [-0.4, -0.2) is 37.2 Å². The zero-order valence-corrected chi connectivity index (χ0v) is 6.92. The average Bonchev–Trinajstić information content (AvgIpc) is 2.06. The van der Waals surface area contributed by atoms with E-state index >= 15 is 0 Å². The number of morpholine rings is 1. The fraction of sp³-hybridized carbons (Fsp3) is 0.875. The van der Waals surface area contributed by atoms with Crippen molar-refractivity contribution in [1.82, 2.24) is 4.90 Å². The molecule has 3 nitrogen and oxygen atoms in total. The van der Waals surface area contributed by atoms with E-state index in [-0.39, 0.29) is 0 Å². The predicted molar refractivity (Wildman–Crippen MR) is 42.1 cm³/mol. The van der Waals surface area contributed by atoms with Crippen molar-refractivity contribution in [1.29, 1.82) is 5.26 Å². The van der Waals surface area contributed by atoms with Gasteiger partial charge in [0.05, 0.1) is 25.8 Å². The van der Waals surface area contributed by atoms with Crippen LogP contribution in [0, 0.1) is 11.3 Å². The molecule has 1 saturated heterocycles.